The zero-order chi connectivity index (χ0) is 13.8. The molecule has 2 unspecified atom stereocenters. The first-order chi connectivity index (χ1) is 9.10. The third-order valence-electron chi connectivity index (χ3n) is 3.59. The average Bonchev–Trinajstić information content (AvgIpc) is 2.33. The third kappa shape index (κ3) is 4.03. The topological polar surface area (TPSA) is 21.3 Å². The van der Waals surface area contributed by atoms with E-state index in [1.165, 1.54) is 25.7 Å². The lowest BCUT2D eigenvalue weighted by Gasteiger charge is -2.29. The van der Waals surface area contributed by atoms with Gasteiger partial charge in [0.05, 0.1) is 16.8 Å². The van der Waals surface area contributed by atoms with E-state index in [0.717, 1.165) is 26.9 Å². The SMILES string of the molecule is CCOc1c(Br)cc(Cl)cc1NC1CCCC(C)C1. The fourth-order valence-corrected chi connectivity index (χ4v) is 3.67. The maximum Gasteiger partial charge on any atom is 0.156 e. The second-order valence-corrected chi connectivity index (χ2v) is 6.60. The minimum absolute atomic E-state index is 0.522. The molecule has 2 atom stereocenters. The van der Waals surface area contributed by atoms with E-state index in [2.05, 4.69) is 28.2 Å². The number of nitrogens with one attached hydrogen (secondary N) is 1. The first-order valence-corrected chi connectivity index (χ1v) is 8.15. The molecular formula is C15H21BrClNO. The maximum atomic E-state index is 6.14. The number of ether oxygens (including phenoxy) is 1. The van der Waals surface area contributed by atoms with Crippen molar-refractivity contribution in [2.75, 3.05) is 11.9 Å². The van der Waals surface area contributed by atoms with Crippen molar-refractivity contribution >= 4 is 33.2 Å². The van der Waals surface area contributed by atoms with Gasteiger partial charge in [0.15, 0.2) is 5.75 Å². The van der Waals surface area contributed by atoms with Crippen LogP contribution in [0.3, 0.4) is 0 Å². The molecule has 106 valence electrons. The highest BCUT2D eigenvalue weighted by Crippen LogP contribution is 2.38. The molecule has 1 aliphatic carbocycles. The summed E-state index contributed by atoms with van der Waals surface area (Å²) >= 11 is 9.67. The minimum Gasteiger partial charge on any atom is -0.491 e. The number of hydrogen-bond donors (Lipinski definition) is 1. The number of rotatable bonds is 4. The van der Waals surface area contributed by atoms with Crippen molar-refractivity contribution in [3.05, 3.63) is 21.6 Å². The summed E-state index contributed by atoms with van der Waals surface area (Å²) in [7, 11) is 0. The molecule has 1 fully saturated rings. The van der Waals surface area contributed by atoms with Gasteiger partial charge in [0, 0.05) is 11.1 Å². The van der Waals surface area contributed by atoms with Crippen LogP contribution in [0.5, 0.6) is 5.75 Å². The highest BCUT2D eigenvalue weighted by molar-refractivity contribution is 9.10. The quantitative estimate of drug-likeness (QED) is 0.778. The van der Waals surface area contributed by atoms with E-state index < -0.39 is 0 Å². The van der Waals surface area contributed by atoms with Crippen LogP contribution < -0.4 is 10.1 Å². The van der Waals surface area contributed by atoms with Gasteiger partial charge in [-0.15, -0.1) is 0 Å². The Hall–Kier alpha value is -0.410. The fourth-order valence-electron chi connectivity index (χ4n) is 2.74. The van der Waals surface area contributed by atoms with Crippen LogP contribution >= 0.6 is 27.5 Å². The lowest BCUT2D eigenvalue weighted by Crippen LogP contribution is -2.26. The van der Waals surface area contributed by atoms with Gasteiger partial charge in [-0.3, -0.25) is 0 Å². The Kier molecular flexibility index (Phi) is 5.40. The van der Waals surface area contributed by atoms with Crippen LogP contribution in [-0.2, 0) is 0 Å². The Morgan fingerprint density at radius 2 is 2.21 bits per heavy atom. The van der Waals surface area contributed by atoms with Crippen LogP contribution in [0, 0.1) is 5.92 Å². The van der Waals surface area contributed by atoms with Crippen molar-refractivity contribution < 1.29 is 4.74 Å². The molecule has 0 radical (unpaired) electrons. The van der Waals surface area contributed by atoms with E-state index >= 15 is 0 Å². The third-order valence-corrected chi connectivity index (χ3v) is 4.40. The van der Waals surface area contributed by atoms with Crippen LogP contribution in [0.2, 0.25) is 5.02 Å². The zero-order valence-corrected chi connectivity index (χ0v) is 13.9. The van der Waals surface area contributed by atoms with E-state index in [-0.39, 0.29) is 0 Å². The number of halogens is 2. The molecule has 4 heteroatoms. The maximum absolute atomic E-state index is 6.14. The molecule has 1 aromatic rings. The van der Waals surface area contributed by atoms with Gasteiger partial charge >= 0.3 is 0 Å². The monoisotopic (exact) mass is 345 g/mol. The predicted molar refractivity (Wildman–Crippen MR) is 85.4 cm³/mol. The van der Waals surface area contributed by atoms with E-state index in [1.54, 1.807) is 0 Å². The first-order valence-electron chi connectivity index (χ1n) is 6.98. The van der Waals surface area contributed by atoms with Crippen molar-refractivity contribution in [1.29, 1.82) is 0 Å². The number of anilines is 1. The van der Waals surface area contributed by atoms with Gasteiger partial charge in [0.25, 0.3) is 0 Å². The second kappa shape index (κ2) is 6.85. The summed E-state index contributed by atoms with van der Waals surface area (Å²) in [6.07, 6.45) is 5.08. The Bertz CT molecular complexity index is 438. The number of hydrogen-bond acceptors (Lipinski definition) is 2. The second-order valence-electron chi connectivity index (χ2n) is 5.31. The molecule has 0 spiro atoms. The molecule has 1 N–H and O–H groups in total. The summed E-state index contributed by atoms with van der Waals surface area (Å²) in [6, 6.07) is 4.35. The molecule has 1 saturated carbocycles. The van der Waals surface area contributed by atoms with Crippen molar-refractivity contribution in [1.82, 2.24) is 0 Å². The van der Waals surface area contributed by atoms with Crippen molar-refractivity contribution in [2.24, 2.45) is 5.92 Å². The fraction of sp³-hybridized carbons (Fsp3) is 0.600. The van der Waals surface area contributed by atoms with Gasteiger partial charge in [-0.05, 0) is 53.7 Å². The summed E-state index contributed by atoms with van der Waals surface area (Å²) in [4.78, 5) is 0. The predicted octanol–water partition coefficient (Wildman–Crippen LogP) is 5.49. The van der Waals surface area contributed by atoms with E-state index in [0.29, 0.717) is 12.6 Å². The normalized spacial score (nSPS) is 23.2. The van der Waals surface area contributed by atoms with Crippen LogP contribution in [0.15, 0.2) is 16.6 Å². The molecule has 0 saturated heterocycles. The molecule has 0 heterocycles. The molecule has 1 aromatic carbocycles. The lowest BCUT2D eigenvalue weighted by atomic mass is 9.87. The molecular weight excluding hydrogens is 326 g/mol. The van der Waals surface area contributed by atoms with E-state index in [4.69, 9.17) is 16.3 Å². The smallest absolute Gasteiger partial charge is 0.156 e. The largest absolute Gasteiger partial charge is 0.491 e. The van der Waals surface area contributed by atoms with Gasteiger partial charge in [0.1, 0.15) is 0 Å². The van der Waals surface area contributed by atoms with Crippen molar-refractivity contribution in [2.45, 2.75) is 45.6 Å². The van der Waals surface area contributed by atoms with E-state index in [1.807, 2.05) is 19.1 Å². The Morgan fingerprint density at radius 3 is 2.89 bits per heavy atom. The summed E-state index contributed by atoms with van der Waals surface area (Å²) in [6.45, 7) is 4.97. The van der Waals surface area contributed by atoms with Gasteiger partial charge in [-0.1, -0.05) is 31.4 Å². The summed E-state index contributed by atoms with van der Waals surface area (Å²) in [5.41, 5.74) is 1.00. The molecule has 2 rings (SSSR count). The van der Waals surface area contributed by atoms with Gasteiger partial charge in [-0.2, -0.15) is 0 Å². The molecule has 19 heavy (non-hydrogen) atoms. The highest BCUT2D eigenvalue weighted by atomic mass is 79.9. The highest BCUT2D eigenvalue weighted by Gasteiger charge is 2.20. The minimum atomic E-state index is 0.522. The Labute approximate surface area is 129 Å². The molecule has 2 nitrogen and oxygen atoms in total. The molecule has 1 aliphatic rings. The lowest BCUT2D eigenvalue weighted by molar-refractivity contribution is 0.335. The van der Waals surface area contributed by atoms with Crippen LogP contribution in [0.1, 0.15) is 39.5 Å². The van der Waals surface area contributed by atoms with Crippen molar-refractivity contribution in [3.63, 3.8) is 0 Å². The molecule has 0 amide bonds. The van der Waals surface area contributed by atoms with Gasteiger partial charge in [0.2, 0.25) is 0 Å². The first kappa shape index (κ1) is 15.0. The van der Waals surface area contributed by atoms with E-state index in [9.17, 15) is 0 Å². The summed E-state index contributed by atoms with van der Waals surface area (Å²) < 4.78 is 6.63. The zero-order valence-electron chi connectivity index (χ0n) is 11.5. The Morgan fingerprint density at radius 1 is 1.42 bits per heavy atom. The van der Waals surface area contributed by atoms with Crippen LogP contribution in [0.4, 0.5) is 5.69 Å². The van der Waals surface area contributed by atoms with Crippen LogP contribution in [-0.4, -0.2) is 12.6 Å². The molecule has 0 bridgehead atoms. The molecule has 0 aromatic heterocycles. The van der Waals surface area contributed by atoms with Crippen molar-refractivity contribution in [3.8, 4) is 5.75 Å². The van der Waals surface area contributed by atoms with Gasteiger partial charge in [-0.25, -0.2) is 0 Å². The number of benzene rings is 1. The Balaban J connectivity index is 2.17. The standard InChI is InChI=1S/C15H21BrClNO/c1-3-19-15-13(16)8-11(17)9-14(15)18-12-6-4-5-10(2)7-12/h8-10,12,18H,3-7H2,1-2H3. The summed E-state index contributed by atoms with van der Waals surface area (Å²) in [5, 5.41) is 4.33. The van der Waals surface area contributed by atoms with Crippen LogP contribution in [0.25, 0.3) is 0 Å². The van der Waals surface area contributed by atoms with Gasteiger partial charge < -0.3 is 10.1 Å². The summed E-state index contributed by atoms with van der Waals surface area (Å²) in [5.74, 6) is 1.66. The average molecular weight is 347 g/mol. The molecule has 0 aliphatic heterocycles.